The van der Waals surface area contributed by atoms with Crippen molar-refractivity contribution in [1.82, 2.24) is 9.97 Å². The number of allylic oxidation sites excluding steroid dienone is 1. The lowest BCUT2D eigenvalue weighted by Gasteiger charge is -2.03. The van der Waals surface area contributed by atoms with Crippen molar-refractivity contribution < 1.29 is 9.84 Å². The van der Waals surface area contributed by atoms with Gasteiger partial charge in [0.1, 0.15) is 5.75 Å². The Kier molecular flexibility index (Phi) is 3.70. The Hall–Kier alpha value is -2.36. The first-order valence-electron chi connectivity index (χ1n) is 5.21. The number of aliphatic hydroxyl groups excluding tert-OH is 1. The highest BCUT2D eigenvalue weighted by molar-refractivity contribution is 5.29. The second-order valence-electron chi connectivity index (χ2n) is 3.37. The van der Waals surface area contributed by atoms with E-state index in [1.165, 1.54) is 0 Å². The number of hydrogen-bond donors (Lipinski definition) is 1. The monoisotopic (exact) mass is 228 g/mol. The molecule has 0 saturated heterocycles. The molecule has 1 aromatic carbocycles. The molecule has 0 aliphatic rings. The van der Waals surface area contributed by atoms with E-state index in [0.717, 1.165) is 11.8 Å². The van der Waals surface area contributed by atoms with Gasteiger partial charge in [0, 0.05) is 12.4 Å². The SMILES string of the molecule is O/C=C/Cc1ccc(Oc2ncccn2)cc1. The van der Waals surface area contributed by atoms with Gasteiger partial charge in [-0.3, -0.25) is 0 Å². The van der Waals surface area contributed by atoms with Crippen molar-refractivity contribution in [2.75, 3.05) is 0 Å². The fourth-order valence-corrected chi connectivity index (χ4v) is 1.33. The van der Waals surface area contributed by atoms with Crippen LogP contribution in [0.3, 0.4) is 0 Å². The summed E-state index contributed by atoms with van der Waals surface area (Å²) < 4.78 is 5.45. The van der Waals surface area contributed by atoms with Crippen LogP contribution in [-0.2, 0) is 6.42 Å². The molecule has 0 saturated carbocycles. The average Bonchev–Trinajstić information content (AvgIpc) is 2.39. The molecule has 1 N–H and O–H groups in total. The Balaban J connectivity index is 2.03. The molecule has 0 fully saturated rings. The molecule has 0 amide bonds. The molecule has 0 bridgehead atoms. The summed E-state index contributed by atoms with van der Waals surface area (Å²) in [6, 6.07) is 9.61. The summed E-state index contributed by atoms with van der Waals surface area (Å²) in [6.07, 6.45) is 6.67. The van der Waals surface area contributed by atoms with E-state index in [2.05, 4.69) is 9.97 Å². The summed E-state index contributed by atoms with van der Waals surface area (Å²) in [5.41, 5.74) is 1.09. The number of aromatic nitrogens is 2. The largest absolute Gasteiger partial charge is 0.516 e. The quantitative estimate of drug-likeness (QED) is 0.817. The summed E-state index contributed by atoms with van der Waals surface area (Å²) in [4.78, 5) is 7.94. The zero-order chi connectivity index (χ0) is 11.9. The minimum absolute atomic E-state index is 0.329. The van der Waals surface area contributed by atoms with Gasteiger partial charge in [-0.25, -0.2) is 9.97 Å². The molecule has 1 aromatic heterocycles. The number of hydrogen-bond acceptors (Lipinski definition) is 4. The predicted molar refractivity (Wildman–Crippen MR) is 64.0 cm³/mol. The van der Waals surface area contributed by atoms with Gasteiger partial charge < -0.3 is 9.84 Å². The summed E-state index contributed by atoms with van der Waals surface area (Å²) in [7, 11) is 0. The average molecular weight is 228 g/mol. The molecule has 2 rings (SSSR count). The summed E-state index contributed by atoms with van der Waals surface area (Å²) >= 11 is 0. The maximum absolute atomic E-state index is 8.56. The third-order valence-electron chi connectivity index (χ3n) is 2.13. The van der Waals surface area contributed by atoms with E-state index in [4.69, 9.17) is 9.84 Å². The Labute approximate surface area is 99.2 Å². The van der Waals surface area contributed by atoms with Crippen molar-refractivity contribution in [3.8, 4) is 11.8 Å². The first-order chi connectivity index (χ1) is 8.38. The highest BCUT2D eigenvalue weighted by Crippen LogP contribution is 2.17. The molecule has 2 aromatic rings. The van der Waals surface area contributed by atoms with Crippen LogP contribution in [0.1, 0.15) is 5.56 Å². The van der Waals surface area contributed by atoms with Crippen molar-refractivity contribution in [3.05, 3.63) is 60.6 Å². The van der Waals surface area contributed by atoms with E-state index in [-0.39, 0.29) is 0 Å². The van der Waals surface area contributed by atoms with Gasteiger partial charge in [-0.05, 0) is 36.3 Å². The van der Waals surface area contributed by atoms with Crippen molar-refractivity contribution in [3.63, 3.8) is 0 Å². The second-order valence-corrected chi connectivity index (χ2v) is 3.37. The fraction of sp³-hybridized carbons (Fsp3) is 0.0769. The molecule has 0 aliphatic carbocycles. The molecule has 0 radical (unpaired) electrons. The molecule has 0 atom stereocenters. The maximum atomic E-state index is 8.56. The maximum Gasteiger partial charge on any atom is 0.321 e. The van der Waals surface area contributed by atoms with Gasteiger partial charge in [-0.2, -0.15) is 0 Å². The Morgan fingerprint density at radius 1 is 1.12 bits per heavy atom. The highest BCUT2D eigenvalue weighted by atomic mass is 16.5. The minimum atomic E-state index is 0.329. The first-order valence-corrected chi connectivity index (χ1v) is 5.21. The van der Waals surface area contributed by atoms with Crippen molar-refractivity contribution >= 4 is 0 Å². The highest BCUT2D eigenvalue weighted by Gasteiger charge is 1.98. The standard InChI is InChI=1S/C13H12N2O2/c16-10-1-3-11-4-6-12(7-5-11)17-13-14-8-2-9-15-13/h1-2,4-10,16H,3H2/b10-1+. The lowest BCUT2D eigenvalue weighted by Crippen LogP contribution is -1.90. The van der Waals surface area contributed by atoms with E-state index in [1.807, 2.05) is 24.3 Å². The van der Waals surface area contributed by atoms with Crippen LogP contribution in [0.5, 0.6) is 11.8 Å². The van der Waals surface area contributed by atoms with Crippen molar-refractivity contribution in [2.45, 2.75) is 6.42 Å². The number of benzene rings is 1. The van der Waals surface area contributed by atoms with Gasteiger partial charge in [0.05, 0.1) is 6.26 Å². The molecule has 0 spiro atoms. The minimum Gasteiger partial charge on any atom is -0.516 e. The van der Waals surface area contributed by atoms with E-state index in [9.17, 15) is 0 Å². The van der Waals surface area contributed by atoms with E-state index in [1.54, 1.807) is 24.5 Å². The zero-order valence-electron chi connectivity index (χ0n) is 9.15. The van der Waals surface area contributed by atoms with Crippen LogP contribution in [0.25, 0.3) is 0 Å². The number of aliphatic hydroxyl groups is 1. The fourth-order valence-electron chi connectivity index (χ4n) is 1.33. The Bertz CT molecular complexity index is 481. The van der Waals surface area contributed by atoms with Crippen LogP contribution in [0, 0.1) is 0 Å². The van der Waals surface area contributed by atoms with Gasteiger partial charge in [-0.1, -0.05) is 12.1 Å². The van der Waals surface area contributed by atoms with E-state index >= 15 is 0 Å². The number of rotatable bonds is 4. The van der Waals surface area contributed by atoms with Gasteiger partial charge in [0.2, 0.25) is 0 Å². The van der Waals surface area contributed by atoms with Crippen LogP contribution in [0.2, 0.25) is 0 Å². The molecule has 4 heteroatoms. The van der Waals surface area contributed by atoms with Gasteiger partial charge in [0.15, 0.2) is 0 Å². The lowest BCUT2D eigenvalue weighted by molar-refractivity contribution is 0.441. The first kappa shape index (κ1) is 11.1. The van der Waals surface area contributed by atoms with Crippen LogP contribution < -0.4 is 4.74 Å². The normalized spacial score (nSPS) is 10.6. The molecule has 4 nitrogen and oxygen atoms in total. The zero-order valence-corrected chi connectivity index (χ0v) is 9.15. The Morgan fingerprint density at radius 2 is 1.82 bits per heavy atom. The second kappa shape index (κ2) is 5.65. The van der Waals surface area contributed by atoms with E-state index < -0.39 is 0 Å². The lowest BCUT2D eigenvalue weighted by atomic mass is 10.1. The van der Waals surface area contributed by atoms with Crippen LogP contribution in [0.4, 0.5) is 0 Å². The molecule has 17 heavy (non-hydrogen) atoms. The van der Waals surface area contributed by atoms with Crippen molar-refractivity contribution in [1.29, 1.82) is 0 Å². The van der Waals surface area contributed by atoms with Crippen LogP contribution >= 0.6 is 0 Å². The molecule has 86 valence electrons. The molecule has 0 unspecified atom stereocenters. The predicted octanol–water partition coefficient (Wildman–Crippen LogP) is 2.88. The molecule has 1 heterocycles. The topological polar surface area (TPSA) is 55.2 Å². The third-order valence-corrected chi connectivity index (χ3v) is 2.13. The molecule has 0 aliphatic heterocycles. The Morgan fingerprint density at radius 3 is 2.47 bits per heavy atom. The smallest absolute Gasteiger partial charge is 0.321 e. The van der Waals surface area contributed by atoms with Gasteiger partial charge in [-0.15, -0.1) is 0 Å². The number of ether oxygens (including phenoxy) is 1. The van der Waals surface area contributed by atoms with Crippen LogP contribution in [-0.4, -0.2) is 15.1 Å². The van der Waals surface area contributed by atoms with Gasteiger partial charge >= 0.3 is 6.01 Å². The van der Waals surface area contributed by atoms with Gasteiger partial charge in [0.25, 0.3) is 0 Å². The summed E-state index contributed by atoms with van der Waals surface area (Å²) in [5, 5.41) is 8.56. The van der Waals surface area contributed by atoms with Crippen molar-refractivity contribution in [2.24, 2.45) is 0 Å². The molecular formula is C13H12N2O2. The van der Waals surface area contributed by atoms with Crippen LogP contribution in [0.15, 0.2) is 55.1 Å². The summed E-state index contributed by atoms with van der Waals surface area (Å²) in [5.74, 6) is 0.688. The number of nitrogens with zero attached hydrogens (tertiary/aromatic N) is 2. The molecular weight excluding hydrogens is 216 g/mol. The van der Waals surface area contributed by atoms with E-state index in [0.29, 0.717) is 18.2 Å². The third kappa shape index (κ3) is 3.31. The summed E-state index contributed by atoms with van der Waals surface area (Å²) in [6.45, 7) is 0.